The highest BCUT2D eigenvalue weighted by atomic mass is 32.2. The molecule has 0 atom stereocenters. The van der Waals surface area contributed by atoms with E-state index in [9.17, 15) is 4.79 Å². The molecule has 0 fully saturated rings. The number of aryl methyl sites for hydroxylation is 1. The van der Waals surface area contributed by atoms with Gasteiger partial charge in [-0.1, -0.05) is 55.8 Å². The summed E-state index contributed by atoms with van der Waals surface area (Å²) in [5.41, 5.74) is 3.44. The van der Waals surface area contributed by atoms with Gasteiger partial charge in [-0.15, -0.1) is 11.8 Å². The van der Waals surface area contributed by atoms with E-state index in [1.165, 1.54) is 16.0 Å². The molecular formula is C19H22OS. The van der Waals surface area contributed by atoms with Crippen molar-refractivity contribution in [1.82, 2.24) is 0 Å². The molecule has 2 rings (SSSR count). The lowest BCUT2D eigenvalue weighted by atomic mass is 10.0. The lowest BCUT2D eigenvalue weighted by molar-refractivity contribution is 0.0968. The second kappa shape index (κ2) is 7.46. The van der Waals surface area contributed by atoms with Gasteiger partial charge in [-0.25, -0.2) is 0 Å². The van der Waals surface area contributed by atoms with E-state index in [1.807, 2.05) is 24.3 Å². The van der Waals surface area contributed by atoms with Crippen LogP contribution in [0.25, 0.3) is 0 Å². The Hall–Kier alpha value is -1.54. The molecule has 0 N–H and O–H groups in total. The quantitative estimate of drug-likeness (QED) is 0.516. The summed E-state index contributed by atoms with van der Waals surface area (Å²) >= 11 is 1.80. The second-order valence-corrected chi connectivity index (χ2v) is 6.87. The first kappa shape index (κ1) is 15.8. The molecule has 2 aromatic carbocycles. The fourth-order valence-electron chi connectivity index (χ4n) is 2.08. The number of ketones is 1. The van der Waals surface area contributed by atoms with Gasteiger partial charge in [-0.3, -0.25) is 4.79 Å². The molecule has 0 aliphatic rings. The van der Waals surface area contributed by atoms with Gasteiger partial charge in [-0.2, -0.15) is 0 Å². The minimum atomic E-state index is 0.236. The maximum absolute atomic E-state index is 12.0. The number of benzene rings is 2. The molecule has 0 bridgehead atoms. The van der Waals surface area contributed by atoms with Crippen molar-refractivity contribution in [3.63, 3.8) is 0 Å². The van der Waals surface area contributed by atoms with Crippen molar-refractivity contribution in [3.8, 4) is 0 Å². The van der Waals surface area contributed by atoms with Gasteiger partial charge in [0.05, 0.1) is 0 Å². The predicted octanol–water partition coefficient (Wildman–Crippen LogP) is 5.52. The molecule has 0 heterocycles. The smallest absolute Gasteiger partial charge is 0.163 e. The molecule has 21 heavy (non-hydrogen) atoms. The van der Waals surface area contributed by atoms with Crippen molar-refractivity contribution in [3.05, 3.63) is 65.2 Å². The maximum atomic E-state index is 12.0. The molecule has 0 radical (unpaired) electrons. The average molecular weight is 298 g/mol. The lowest BCUT2D eigenvalue weighted by Crippen LogP contribution is -2.03. The Morgan fingerprint density at radius 2 is 1.62 bits per heavy atom. The third-order valence-corrected chi connectivity index (χ3v) is 4.38. The number of hydrogen-bond acceptors (Lipinski definition) is 2. The molecule has 2 heteroatoms. The number of rotatable bonds is 6. The molecule has 0 amide bonds. The van der Waals surface area contributed by atoms with Gasteiger partial charge < -0.3 is 0 Å². The number of carbonyl (C=O) groups excluding carboxylic acids is 1. The van der Waals surface area contributed by atoms with Crippen LogP contribution in [0.4, 0.5) is 0 Å². The second-order valence-electron chi connectivity index (χ2n) is 5.82. The summed E-state index contributed by atoms with van der Waals surface area (Å²) in [5.74, 6) is 1.60. The van der Waals surface area contributed by atoms with E-state index in [4.69, 9.17) is 0 Å². The van der Waals surface area contributed by atoms with Gasteiger partial charge >= 0.3 is 0 Å². The first-order valence-electron chi connectivity index (χ1n) is 7.36. The monoisotopic (exact) mass is 298 g/mol. The molecule has 0 unspecified atom stereocenters. The average Bonchev–Trinajstić information content (AvgIpc) is 2.46. The third-order valence-electron chi connectivity index (χ3n) is 3.30. The minimum absolute atomic E-state index is 0.236. The van der Waals surface area contributed by atoms with Crippen LogP contribution in [0.1, 0.15) is 41.8 Å². The summed E-state index contributed by atoms with van der Waals surface area (Å²) in [5, 5.41) is 0. The molecule has 1 nitrogen and oxygen atoms in total. The first-order valence-corrected chi connectivity index (χ1v) is 8.35. The van der Waals surface area contributed by atoms with Crippen LogP contribution in [0.15, 0.2) is 53.4 Å². The third kappa shape index (κ3) is 5.05. The number of carbonyl (C=O) groups is 1. The molecule has 0 saturated carbocycles. The molecule has 0 aliphatic heterocycles. The van der Waals surface area contributed by atoms with Gasteiger partial charge in [0.1, 0.15) is 0 Å². The Balaban J connectivity index is 1.93. The van der Waals surface area contributed by atoms with Crippen LogP contribution >= 0.6 is 11.8 Å². The SMILES string of the molecule is Cc1ccc(CSc2ccc(C(=O)CC(C)C)cc2)cc1. The molecule has 0 spiro atoms. The van der Waals surface area contributed by atoms with E-state index in [1.54, 1.807) is 11.8 Å². The van der Waals surface area contributed by atoms with Crippen molar-refractivity contribution in [2.75, 3.05) is 0 Å². The van der Waals surface area contributed by atoms with Crippen molar-refractivity contribution in [1.29, 1.82) is 0 Å². The highest BCUT2D eigenvalue weighted by molar-refractivity contribution is 7.98. The van der Waals surface area contributed by atoms with Crippen molar-refractivity contribution in [2.45, 2.75) is 37.8 Å². The Morgan fingerprint density at radius 3 is 2.19 bits per heavy atom. The van der Waals surface area contributed by atoms with Gasteiger partial charge in [0, 0.05) is 22.6 Å². The van der Waals surface area contributed by atoms with Crippen molar-refractivity contribution in [2.24, 2.45) is 5.92 Å². The first-order chi connectivity index (χ1) is 10.0. The fraction of sp³-hybridized carbons (Fsp3) is 0.316. The summed E-state index contributed by atoms with van der Waals surface area (Å²) in [6, 6.07) is 16.6. The van der Waals surface area contributed by atoms with E-state index in [-0.39, 0.29) is 5.78 Å². The van der Waals surface area contributed by atoms with Crippen LogP contribution in [-0.2, 0) is 5.75 Å². The van der Waals surface area contributed by atoms with Gasteiger partial charge in [0.2, 0.25) is 0 Å². The molecule has 110 valence electrons. The Labute approximate surface area is 131 Å². The summed E-state index contributed by atoms with van der Waals surface area (Å²) in [6.45, 7) is 6.25. The zero-order valence-corrected chi connectivity index (χ0v) is 13.7. The maximum Gasteiger partial charge on any atom is 0.163 e. The van der Waals surface area contributed by atoms with E-state index < -0.39 is 0 Å². The summed E-state index contributed by atoms with van der Waals surface area (Å²) in [6.07, 6.45) is 0.621. The molecule has 0 aliphatic carbocycles. The zero-order chi connectivity index (χ0) is 15.2. The van der Waals surface area contributed by atoms with Crippen molar-refractivity contribution >= 4 is 17.5 Å². The predicted molar refractivity (Wildman–Crippen MR) is 91.0 cm³/mol. The van der Waals surface area contributed by atoms with E-state index in [0.29, 0.717) is 12.3 Å². The molecule has 0 saturated heterocycles. The number of thioether (sulfide) groups is 1. The van der Waals surface area contributed by atoms with Crippen LogP contribution in [0.3, 0.4) is 0 Å². The Kier molecular flexibility index (Phi) is 5.63. The topological polar surface area (TPSA) is 17.1 Å². The van der Waals surface area contributed by atoms with Crippen LogP contribution in [0.2, 0.25) is 0 Å². The van der Waals surface area contributed by atoms with Crippen LogP contribution in [-0.4, -0.2) is 5.78 Å². The fourth-order valence-corrected chi connectivity index (χ4v) is 2.93. The molecule has 0 aromatic heterocycles. The van der Waals surface area contributed by atoms with Crippen LogP contribution < -0.4 is 0 Å². The molecule has 2 aromatic rings. The van der Waals surface area contributed by atoms with Crippen LogP contribution in [0.5, 0.6) is 0 Å². The molecular weight excluding hydrogens is 276 g/mol. The highest BCUT2D eigenvalue weighted by Gasteiger charge is 2.08. The number of hydrogen-bond donors (Lipinski definition) is 0. The summed E-state index contributed by atoms with van der Waals surface area (Å²) in [4.78, 5) is 13.2. The van der Waals surface area contributed by atoms with Crippen LogP contribution in [0, 0.1) is 12.8 Å². The van der Waals surface area contributed by atoms with E-state index >= 15 is 0 Å². The van der Waals surface area contributed by atoms with Crippen molar-refractivity contribution < 1.29 is 4.79 Å². The largest absolute Gasteiger partial charge is 0.294 e. The minimum Gasteiger partial charge on any atom is -0.294 e. The number of Topliss-reactive ketones (excluding diaryl/α,β-unsaturated/α-hetero) is 1. The van der Waals surface area contributed by atoms with E-state index in [0.717, 1.165) is 11.3 Å². The highest BCUT2D eigenvalue weighted by Crippen LogP contribution is 2.23. The standard InChI is InChI=1S/C19H22OS/c1-14(2)12-19(20)17-8-10-18(11-9-17)21-13-16-6-4-15(3)5-7-16/h4-11,14H,12-13H2,1-3H3. The lowest BCUT2D eigenvalue weighted by Gasteiger charge is -2.06. The zero-order valence-electron chi connectivity index (χ0n) is 12.9. The van der Waals surface area contributed by atoms with Gasteiger partial charge in [-0.05, 0) is 30.5 Å². The Morgan fingerprint density at radius 1 is 1.00 bits per heavy atom. The normalized spacial score (nSPS) is 10.9. The summed E-state index contributed by atoms with van der Waals surface area (Å²) in [7, 11) is 0. The van der Waals surface area contributed by atoms with Gasteiger partial charge in [0.25, 0.3) is 0 Å². The summed E-state index contributed by atoms with van der Waals surface area (Å²) < 4.78 is 0. The van der Waals surface area contributed by atoms with E-state index in [2.05, 4.69) is 45.0 Å². The Bertz CT molecular complexity index is 582. The van der Waals surface area contributed by atoms with Gasteiger partial charge in [0.15, 0.2) is 5.78 Å².